The van der Waals surface area contributed by atoms with E-state index in [1.807, 2.05) is 4.90 Å². The second kappa shape index (κ2) is 12.2. The molecule has 1 aromatic carbocycles. The number of carbonyl (C=O) groups is 1. The molecule has 3 aromatic heterocycles. The zero-order valence-electron chi connectivity index (χ0n) is 26.2. The summed E-state index contributed by atoms with van der Waals surface area (Å²) in [5.74, 6) is -3.78. The Morgan fingerprint density at radius 3 is 2.61 bits per heavy atom. The summed E-state index contributed by atoms with van der Waals surface area (Å²) in [6.07, 6.45) is 3.65. The molecule has 1 amide bonds. The third-order valence-electron chi connectivity index (χ3n) is 8.18. The smallest absolute Gasteiger partial charge is 0.282 e. The largest absolute Gasteiger partial charge is 0.360 e. The molecule has 0 saturated carbocycles. The molecule has 1 fully saturated rings. The Labute approximate surface area is 265 Å². The summed E-state index contributed by atoms with van der Waals surface area (Å²) in [7, 11) is 0.499. The molecule has 0 bridgehead atoms. The Morgan fingerprint density at radius 2 is 1.89 bits per heavy atom. The van der Waals surface area contributed by atoms with Crippen LogP contribution in [0.1, 0.15) is 21.7 Å². The first kappa shape index (κ1) is 31.7. The fourth-order valence-electron chi connectivity index (χ4n) is 5.55. The Bertz CT molecular complexity index is 1760. The Hall–Kier alpha value is -4.24. The van der Waals surface area contributed by atoms with Crippen molar-refractivity contribution in [1.29, 1.82) is 0 Å². The Morgan fingerprint density at radius 1 is 1.11 bits per heavy atom. The highest BCUT2D eigenvalue weighted by molar-refractivity contribution is 6.76. The number of benzene rings is 1. The van der Waals surface area contributed by atoms with Crippen molar-refractivity contribution in [2.24, 2.45) is 7.05 Å². The maximum atomic E-state index is 15.2. The number of nitrogens with zero attached hydrogens (tertiary/aromatic N) is 7. The normalized spacial score (nSPS) is 15.9. The molecule has 0 aliphatic carbocycles. The van der Waals surface area contributed by atoms with E-state index >= 15 is 4.39 Å². The van der Waals surface area contributed by atoms with E-state index in [0.29, 0.717) is 49.3 Å². The lowest BCUT2D eigenvalue weighted by molar-refractivity contribution is -0.113. The molecule has 0 spiro atoms. The molecule has 1 saturated heterocycles. The second-order valence-corrected chi connectivity index (χ2v) is 18.7. The van der Waals surface area contributed by atoms with E-state index in [1.54, 1.807) is 36.0 Å². The van der Waals surface area contributed by atoms with Crippen LogP contribution in [0.2, 0.25) is 25.7 Å². The van der Waals surface area contributed by atoms with Gasteiger partial charge in [-0.05, 0) is 48.4 Å². The SMILES string of the molecule is Cn1c(C(=O)N2CC(F)(F)C2)cc2c1CN(c1nccc(Nc3ccc(-c4cn(COCC[Si](C)(C)C)nc4F)c(F)c3)n1)CC2. The summed E-state index contributed by atoms with van der Waals surface area (Å²) in [4.78, 5) is 24.9. The van der Waals surface area contributed by atoms with E-state index in [9.17, 15) is 18.0 Å². The maximum Gasteiger partial charge on any atom is 0.282 e. The van der Waals surface area contributed by atoms with Gasteiger partial charge in [0.25, 0.3) is 11.8 Å². The summed E-state index contributed by atoms with van der Waals surface area (Å²) in [5, 5.41) is 6.93. The summed E-state index contributed by atoms with van der Waals surface area (Å²) < 4.78 is 65.2. The lowest BCUT2D eigenvalue weighted by Crippen LogP contribution is -2.58. The van der Waals surface area contributed by atoms with Crippen LogP contribution in [0, 0.1) is 11.8 Å². The standard InChI is InChI=1S/C31H36F4N8O2Si/c1-40-25(29(44)42-17-31(34,35)18-42)13-20-8-10-41(16-26(20)40)30-36-9-7-27(38-30)37-21-5-6-22(24(32)14-21)23-15-43(39-28(23)33)19-45-11-12-46(2,3)4/h5-7,9,13-15H,8,10-12,16-19H2,1-4H3,(H,36,37,38). The van der Waals surface area contributed by atoms with Gasteiger partial charge < -0.3 is 24.4 Å². The predicted octanol–water partition coefficient (Wildman–Crippen LogP) is 5.67. The quantitative estimate of drug-likeness (QED) is 0.134. The van der Waals surface area contributed by atoms with Gasteiger partial charge in [0.05, 0.1) is 25.2 Å². The highest BCUT2D eigenvalue weighted by Crippen LogP contribution is 2.32. The average molecular weight is 657 g/mol. The number of fused-ring (bicyclic) bond motifs is 1. The van der Waals surface area contributed by atoms with Crippen LogP contribution in [-0.4, -0.2) is 75.4 Å². The lowest BCUT2D eigenvalue weighted by atomic mass is 10.1. The van der Waals surface area contributed by atoms with Crippen LogP contribution in [0.3, 0.4) is 0 Å². The van der Waals surface area contributed by atoms with Crippen LogP contribution in [0.25, 0.3) is 11.1 Å². The van der Waals surface area contributed by atoms with Crippen molar-refractivity contribution in [2.45, 2.75) is 51.3 Å². The summed E-state index contributed by atoms with van der Waals surface area (Å²) >= 11 is 0. The molecule has 2 aliphatic rings. The maximum absolute atomic E-state index is 15.2. The number of aromatic nitrogens is 5. The van der Waals surface area contributed by atoms with Crippen LogP contribution in [0.5, 0.6) is 0 Å². The first-order valence-corrected chi connectivity index (χ1v) is 18.8. The van der Waals surface area contributed by atoms with Gasteiger partial charge in [0.15, 0.2) is 0 Å². The molecule has 4 aromatic rings. The van der Waals surface area contributed by atoms with E-state index in [2.05, 4.69) is 40.0 Å². The van der Waals surface area contributed by atoms with Gasteiger partial charge in [-0.25, -0.2) is 22.8 Å². The van der Waals surface area contributed by atoms with Gasteiger partial charge in [-0.15, -0.1) is 5.10 Å². The molecule has 1 N–H and O–H groups in total. The minimum atomic E-state index is -2.83. The summed E-state index contributed by atoms with van der Waals surface area (Å²) in [5.41, 5.74) is 2.77. The molecule has 5 heterocycles. The number of halogens is 4. The molecule has 0 radical (unpaired) electrons. The molecule has 0 atom stereocenters. The van der Waals surface area contributed by atoms with Crippen molar-refractivity contribution in [3.63, 3.8) is 0 Å². The van der Waals surface area contributed by atoms with Gasteiger partial charge in [-0.3, -0.25) is 4.79 Å². The van der Waals surface area contributed by atoms with Crippen molar-refractivity contribution in [3.8, 4) is 11.1 Å². The fourth-order valence-corrected chi connectivity index (χ4v) is 6.31. The van der Waals surface area contributed by atoms with Gasteiger partial charge in [-0.1, -0.05) is 19.6 Å². The summed E-state index contributed by atoms with van der Waals surface area (Å²) in [6, 6.07) is 8.79. The average Bonchev–Trinajstić information content (AvgIpc) is 3.52. The minimum Gasteiger partial charge on any atom is -0.360 e. The first-order chi connectivity index (χ1) is 21.8. The number of alkyl halides is 2. The highest BCUT2D eigenvalue weighted by Gasteiger charge is 2.47. The van der Waals surface area contributed by atoms with Crippen molar-refractivity contribution < 1.29 is 27.1 Å². The van der Waals surface area contributed by atoms with Crippen LogP contribution < -0.4 is 10.2 Å². The summed E-state index contributed by atoms with van der Waals surface area (Å²) in [6.45, 7) is 7.25. The lowest BCUT2D eigenvalue weighted by Gasteiger charge is -2.38. The molecular weight excluding hydrogens is 620 g/mol. The van der Waals surface area contributed by atoms with Crippen LogP contribution in [0.15, 0.2) is 42.7 Å². The van der Waals surface area contributed by atoms with Crippen molar-refractivity contribution in [3.05, 3.63) is 71.4 Å². The van der Waals surface area contributed by atoms with Gasteiger partial charge in [0.1, 0.15) is 24.1 Å². The van der Waals surface area contributed by atoms with Crippen molar-refractivity contribution >= 4 is 31.4 Å². The highest BCUT2D eigenvalue weighted by atomic mass is 28.3. The molecule has 10 nitrogen and oxygen atoms in total. The minimum absolute atomic E-state index is 0.0417. The third kappa shape index (κ3) is 6.79. The van der Waals surface area contributed by atoms with E-state index in [-0.39, 0.29) is 17.9 Å². The van der Waals surface area contributed by atoms with Crippen LogP contribution in [-0.2, 0) is 31.5 Å². The molecule has 46 heavy (non-hydrogen) atoms. The number of likely N-dealkylation sites (tertiary alicyclic amines) is 1. The van der Waals surface area contributed by atoms with Crippen molar-refractivity contribution in [1.82, 2.24) is 29.2 Å². The predicted molar refractivity (Wildman–Crippen MR) is 168 cm³/mol. The fraction of sp³-hybridized carbons (Fsp3) is 0.419. The van der Waals surface area contributed by atoms with Crippen molar-refractivity contribution in [2.75, 3.05) is 36.5 Å². The van der Waals surface area contributed by atoms with Gasteiger partial charge in [0, 0.05) is 57.6 Å². The van der Waals surface area contributed by atoms with Crippen LogP contribution >= 0.6 is 0 Å². The molecule has 244 valence electrons. The van der Waals surface area contributed by atoms with Gasteiger partial charge in [0.2, 0.25) is 11.9 Å². The molecule has 0 unspecified atom stereocenters. The zero-order valence-corrected chi connectivity index (χ0v) is 27.2. The van der Waals surface area contributed by atoms with E-state index in [0.717, 1.165) is 22.2 Å². The van der Waals surface area contributed by atoms with E-state index < -0.39 is 44.8 Å². The van der Waals surface area contributed by atoms with Gasteiger partial charge >= 0.3 is 0 Å². The number of hydrogen-bond donors (Lipinski definition) is 1. The monoisotopic (exact) mass is 656 g/mol. The molecule has 2 aliphatic heterocycles. The number of nitrogens with one attached hydrogen (secondary N) is 1. The Balaban J connectivity index is 1.11. The number of carbonyl (C=O) groups excluding carboxylic acids is 1. The number of rotatable bonds is 10. The number of hydrogen-bond acceptors (Lipinski definition) is 7. The van der Waals surface area contributed by atoms with Crippen LogP contribution in [0.4, 0.5) is 35.0 Å². The number of amides is 1. The number of anilines is 3. The molecule has 6 rings (SSSR count). The number of ether oxygens (including phenoxy) is 1. The third-order valence-corrected chi connectivity index (χ3v) is 9.89. The Kier molecular flexibility index (Phi) is 8.39. The van der Waals surface area contributed by atoms with Gasteiger partial charge in [-0.2, -0.15) is 9.37 Å². The second-order valence-electron chi connectivity index (χ2n) is 13.0. The molecular formula is C31H36F4N8O2Si. The first-order valence-electron chi connectivity index (χ1n) is 15.1. The van der Waals surface area contributed by atoms with E-state index in [1.165, 1.54) is 23.0 Å². The topological polar surface area (TPSA) is 93.3 Å². The van der Waals surface area contributed by atoms with E-state index in [4.69, 9.17) is 4.74 Å². The molecule has 15 heteroatoms. The zero-order chi connectivity index (χ0) is 32.8.